The third-order valence-electron chi connectivity index (χ3n) is 3.60. The molecule has 0 heterocycles. The molecule has 0 aliphatic heterocycles. The van der Waals surface area contributed by atoms with Crippen molar-refractivity contribution in [2.45, 2.75) is 31.4 Å². The van der Waals surface area contributed by atoms with Crippen LogP contribution in [0.5, 0.6) is 0 Å². The molecule has 20 heavy (non-hydrogen) atoms. The zero-order valence-corrected chi connectivity index (χ0v) is 12.8. The van der Waals surface area contributed by atoms with E-state index >= 15 is 0 Å². The lowest BCUT2D eigenvalue weighted by atomic mass is 9.92. The second-order valence-electron chi connectivity index (χ2n) is 5.40. The first-order valence-electron chi connectivity index (χ1n) is 6.78. The van der Waals surface area contributed by atoms with E-state index in [0.717, 1.165) is 12.0 Å². The average molecular weight is 276 g/mol. The fourth-order valence-electron chi connectivity index (χ4n) is 1.82. The van der Waals surface area contributed by atoms with Gasteiger partial charge in [-0.1, -0.05) is 30.3 Å². The summed E-state index contributed by atoms with van der Waals surface area (Å²) in [7, 11) is 3.47. The summed E-state index contributed by atoms with van der Waals surface area (Å²) in [5.41, 5.74) is -0.101. The number of benzene rings is 1. The number of ether oxygens (including phenoxy) is 2. The molecular weight excluding hydrogens is 252 g/mol. The first-order chi connectivity index (χ1) is 9.49. The molecule has 4 heteroatoms. The van der Waals surface area contributed by atoms with Gasteiger partial charge in [-0.25, -0.2) is 0 Å². The smallest absolute Gasteiger partial charge is 0.155 e. The molecule has 0 saturated carbocycles. The van der Waals surface area contributed by atoms with Crippen molar-refractivity contribution >= 4 is 0 Å². The van der Waals surface area contributed by atoms with Crippen LogP contribution < -0.4 is 5.32 Å². The normalized spacial score (nSPS) is 14.6. The largest absolute Gasteiger partial charge is 0.379 e. The summed E-state index contributed by atoms with van der Waals surface area (Å²) >= 11 is 0. The second kappa shape index (κ2) is 7.39. The van der Waals surface area contributed by atoms with E-state index in [0.29, 0.717) is 13.2 Å². The molecule has 1 aromatic carbocycles. The maximum atomic E-state index is 9.52. The highest BCUT2D eigenvalue weighted by Gasteiger charge is 2.31. The zero-order chi connectivity index (χ0) is 15.1. The van der Waals surface area contributed by atoms with Crippen LogP contribution in [0.25, 0.3) is 0 Å². The van der Waals surface area contributed by atoms with Crippen LogP contribution in [-0.4, -0.2) is 33.0 Å². The molecule has 0 saturated heterocycles. The molecule has 0 aliphatic rings. The van der Waals surface area contributed by atoms with Gasteiger partial charge in [-0.3, -0.25) is 5.32 Å². The van der Waals surface area contributed by atoms with Crippen LogP contribution in [-0.2, 0) is 15.0 Å². The van der Waals surface area contributed by atoms with Crippen LogP contribution >= 0.6 is 0 Å². The Kier molecular flexibility index (Phi) is 6.15. The molecule has 0 fully saturated rings. The summed E-state index contributed by atoms with van der Waals surface area (Å²) in [5, 5.41) is 12.6. The summed E-state index contributed by atoms with van der Waals surface area (Å²) in [6.07, 6.45) is 0.781. The topological polar surface area (TPSA) is 54.3 Å². The Hall–Kier alpha value is -1.41. The minimum atomic E-state index is -0.807. The Bertz CT molecular complexity index is 440. The van der Waals surface area contributed by atoms with Crippen molar-refractivity contribution in [2.24, 2.45) is 0 Å². The van der Waals surface area contributed by atoms with Gasteiger partial charge in [-0.15, -0.1) is 0 Å². The Morgan fingerprint density at radius 1 is 1.25 bits per heavy atom. The summed E-state index contributed by atoms with van der Waals surface area (Å²) in [6.45, 7) is 4.90. The predicted molar refractivity (Wildman–Crippen MR) is 79.3 cm³/mol. The molecule has 110 valence electrons. The van der Waals surface area contributed by atoms with E-state index in [2.05, 4.69) is 11.4 Å². The number of nitrogens with one attached hydrogen (secondary N) is 1. The Labute approximate surface area is 121 Å². The van der Waals surface area contributed by atoms with Gasteiger partial charge in [0.25, 0.3) is 0 Å². The molecule has 0 spiro atoms. The highest BCUT2D eigenvalue weighted by molar-refractivity contribution is 5.31. The monoisotopic (exact) mass is 276 g/mol. The third kappa shape index (κ3) is 4.31. The quantitative estimate of drug-likeness (QED) is 0.741. The number of methoxy groups -OCH3 is 1. The number of hydrogen-bond donors (Lipinski definition) is 1. The molecular formula is C16H24N2O2. The van der Waals surface area contributed by atoms with Gasteiger partial charge in [0.2, 0.25) is 0 Å². The fourth-order valence-corrected chi connectivity index (χ4v) is 1.82. The molecule has 0 aromatic heterocycles. The molecule has 4 nitrogen and oxygen atoms in total. The molecule has 0 amide bonds. The van der Waals surface area contributed by atoms with Gasteiger partial charge in [0, 0.05) is 13.7 Å². The summed E-state index contributed by atoms with van der Waals surface area (Å²) in [4.78, 5) is 0. The SMILES string of the molecule is CNC(C#N)(COCCC(C)(C)OC)c1ccccc1. The van der Waals surface area contributed by atoms with Crippen molar-refractivity contribution in [3.05, 3.63) is 35.9 Å². The molecule has 0 aliphatic carbocycles. The number of likely N-dealkylation sites (N-methyl/N-ethyl adjacent to an activating group) is 1. The summed E-state index contributed by atoms with van der Waals surface area (Å²) in [6, 6.07) is 12.0. The maximum Gasteiger partial charge on any atom is 0.155 e. The van der Waals surface area contributed by atoms with E-state index < -0.39 is 5.54 Å². The van der Waals surface area contributed by atoms with Crippen molar-refractivity contribution in [2.75, 3.05) is 27.4 Å². The number of nitrogens with zero attached hydrogens (tertiary/aromatic N) is 1. The fraction of sp³-hybridized carbons (Fsp3) is 0.562. The molecule has 0 bridgehead atoms. The number of rotatable bonds is 8. The minimum absolute atomic E-state index is 0.207. The summed E-state index contributed by atoms with van der Waals surface area (Å²) in [5.74, 6) is 0. The number of hydrogen-bond acceptors (Lipinski definition) is 4. The van der Waals surface area contributed by atoms with Gasteiger partial charge in [0.05, 0.1) is 18.3 Å². The van der Waals surface area contributed by atoms with Gasteiger partial charge >= 0.3 is 0 Å². The summed E-state index contributed by atoms with van der Waals surface area (Å²) < 4.78 is 11.1. The Morgan fingerprint density at radius 3 is 2.40 bits per heavy atom. The third-order valence-corrected chi connectivity index (χ3v) is 3.60. The van der Waals surface area contributed by atoms with Crippen molar-refractivity contribution in [3.63, 3.8) is 0 Å². The van der Waals surface area contributed by atoms with E-state index in [-0.39, 0.29) is 5.60 Å². The molecule has 1 aromatic rings. The lowest BCUT2D eigenvalue weighted by molar-refractivity contribution is -0.0154. The highest BCUT2D eigenvalue weighted by atomic mass is 16.5. The van der Waals surface area contributed by atoms with Gasteiger partial charge < -0.3 is 9.47 Å². The van der Waals surface area contributed by atoms with Gasteiger partial charge in [0.15, 0.2) is 5.54 Å². The number of nitriles is 1. The van der Waals surface area contributed by atoms with E-state index in [1.807, 2.05) is 44.2 Å². The maximum absolute atomic E-state index is 9.52. The van der Waals surface area contributed by atoms with Gasteiger partial charge in [-0.05, 0) is 32.9 Å². The molecule has 1 N–H and O–H groups in total. The molecule has 1 rings (SSSR count). The van der Waals surface area contributed by atoms with Crippen LogP contribution in [0.3, 0.4) is 0 Å². The molecule has 1 atom stereocenters. The highest BCUT2D eigenvalue weighted by Crippen LogP contribution is 2.21. The Balaban J connectivity index is 2.64. The molecule has 0 radical (unpaired) electrons. The zero-order valence-electron chi connectivity index (χ0n) is 12.8. The van der Waals surface area contributed by atoms with Gasteiger partial charge in [-0.2, -0.15) is 5.26 Å². The lowest BCUT2D eigenvalue weighted by Gasteiger charge is -2.28. The Morgan fingerprint density at radius 2 is 1.90 bits per heavy atom. The van der Waals surface area contributed by atoms with Crippen molar-refractivity contribution < 1.29 is 9.47 Å². The minimum Gasteiger partial charge on any atom is -0.379 e. The van der Waals surface area contributed by atoms with Crippen LogP contribution in [0.4, 0.5) is 0 Å². The van der Waals surface area contributed by atoms with Crippen molar-refractivity contribution in [1.82, 2.24) is 5.32 Å². The predicted octanol–water partition coefficient (Wildman–Crippen LogP) is 2.46. The van der Waals surface area contributed by atoms with Crippen LogP contribution in [0.2, 0.25) is 0 Å². The van der Waals surface area contributed by atoms with E-state index in [1.165, 1.54) is 0 Å². The van der Waals surface area contributed by atoms with Crippen LogP contribution in [0.15, 0.2) is 30.3 Å². The first kappa shape index (κ1) is 16.6. The van der Waals surface area contributed by atoms with Crippen molar-refractivity contribution in [1.29, 1.82) is 5.26 Å². The van der Waals surface area contributed by atoms with E-state index in [1.54, 1.807) is 14.2 Å². The lowest BCUT2D eigenvalue weighted by Crippen LogP contribution is -2.43. The van der Waals surface area contributed by atoms with Gasteiger partial charge in [0.1, 0.15) is 0 Å². The van der Waals surface area contributed by atoms with Crippen molar-refractivity contribution in [3.8, 4) is 6.07 Å². The van der Waals surface area contributed by atoms with Crippen LogP contribution in [0.1, 0.15) is 25.8 Å². The second-order valence-corrected chi connectivity index (χ2v) is 5.40. The van der Waals surface area contributed by atoms with Crippen LogP contribution in [0, 0.1) is 11.3 Å². The van der Waals surface area contributed by atoms with E-state index in [4.69, 9.17) is 9.47 Å². The van der Waals surface area contributed by atoms with E-state index in [9.17, 15) is 5.26 Å². The standard InChI is InChI=1S/C16H24N2O2/c1-15(2,19-4)10-11-20-13-16(12-17,18-3)14-8-6-5-7-9-14/h5-9,18H,10-11,13H2,1-4H3. The average Bonchev–Trinajstić information content (AvgIpc) is 2.49. The molecule has 1 unspecified atom stereocenters. The first-order valence-corrected chi connectivity index (χ1v) is 6.78.